The van der Waals surface area contributed by atoms with Crippen LogP contribution in [0.5, 0.6) is 0 Å². The van der Waals surface area contributed by atoms with E-state index < -0.39 is 5.54 Å². The first-order chi connectivity index (χ1) is 13.7. The van der Waals surface area contributed by atoms with Crippen LogP contribution in [0, 0.1) is 0 Å². The molecule has 1 unspecified atom stereocenters. The fourth-order valence-electron chi connectivity index (χ4n) is 4.16. The van der Waals surface area contributed by atoms with Gasteiger partial charge in [-0.3, -0.25) is 4.99 Å². The lowest BCUT2D eigenvalue weighted by molar-refractivity contribution is 0.0672. The second-order valence-electron chi connectivity index (χ2n) is 7.37. The van der Waals surface area contributed by atoms with Crippen molar-refractivity contribution in [2.75, 3.05) is 26.9 Å². The topological polar surface area (TPSA) is 74.4 Å². The van der Waals surface area contributed by atoms with Gasteiger partial charge in [0, 0.05) is 26.0 Å². The number of hydrogen-bond donors (Lipinski definition) is 0. The maximum absolute atomic E-state index is 6.34. The molecule has 0 N–H and O–H groups in total. The Hall–Kier alpha value is -1.83. The van der Waals surface area contributed by atoms with Crippen molar-refractivity contribution in [2.45, 2.75) is 50.1 Å². The van der Waals surface area contributed by atoms with Crippen molar-refractivity contribution in [3.63, 3.8) is 0 Å². The first kappa shape index (κ1) is 19.5. The van der Waals surface area contributed by atoms with Crippen LogP contribution in [0.15, 0.2) is 23.5 Å². The smallest absolute Gasteiger partial charge is 0.224 e. The Labute approximate surface area is 169 Å². The van der Waals surface area contributed by atoms with Crippen LogP contribution >= 0.6 is 11.6 Å². The van der Waals surface area contributed by atoms with E-state index in [1.54, 1.807) is 7.11 Å². The van der Waals surface area contributed by atoms with E-state index >= 15 is 0 Å². The molecule has 28 heavy (non-hydrogen) atoms. The maximum Gasteiger partial charge on any atom is 0.224 e. The number of aliphatic imine (C=N–C) groups is 1. The summed E-state index contributed by atoms with van der Waals surface area (Å²) in [4.78, 5) is 18.5. The van der Waals surface area contributed by atoms with Crippen molar-refractivity contribution < 1.29 is 9.47 Å². The van der Waals surface area contributed by atoms with Crippen LogP contribution in [0.2, 0.25) is 5.28 Å². The highest BCUT2D eigenvalue weighted by Crippen LogP contribution is 2.39. The molecule has 1 saturated carbocycles. The number of allylic oxidation sites excluding steroid dienone is 1. The number of methoxy groups -OCH3 is 1. The highest BCUT2D eigenvalue weighted by Gasteiger charge is 2.35. The molecule has 0 aromatic carbocycles. The molecule has 1 aliphatic carbocycles. The Morgan fingerprint density at radius 1 is 1.21 bits per heavy atom. The average Bonchev–Trinajstić information content (AvgIpc) is 3.44. The SMILES string of the molecule is COCCOCCCC1(c2nc(Cl)nc3c2ncn3C2CCCC2)C=CC=N1. The van der Waals surface area contributed by atoms with E-state index in [1.165, 1.54) is 12.8 Å². The van der Waals surface area contributed by atoms with Crippen LogP contribution in [-0.2, 0) is 15.0 Å². The first-order valence-electron chi connectivity index (χ1n) is 9.94. The average molecular weight is 404 g/mol. The molecule has 1 aliphatic heterocycles. The fraction of sp³-hybridized carbons (Fsp3) is 0.600. The maximum atomic E-state index is 6.34. The van der Waals surface area contributed by atoms with Gasteiger partial charge >= 0.3 is 0 Å². The zero-order valence-corrected chi connectivity index (χ0v) is 16.9. The van der Waals surface area contributed by atoms with Gasteiger partial charge in [0.1, 0.15) is 16.7 Å². The molecular formula is C20H26ClN5O2. The molecule has 150 valence electrons. The van der Waals surface area contributed by atoms with Crippen molar-refractivity contribution in [1.29, 1.82) is 0 Å². The summed E-state index contributed by atoms with van der Waals surface area (Å²) in [6.45, 7) is 1.84. The Morgan fingerprint density at radius 2 is 2.07 bits per heavy atom. The van der Waals surface area contributed by atoms with Gasteiger partial charge in [0.15, 0.2) is 5.65 Å². The van der Waals surface area contributed by atoms with Gasteiger partial charge in [0.25, 0.3) is 0 Å². The van der Waals surface area contributed by atoms with E-state index in [2.05, 4.69) is 25.6 Å². The number of imidazole rings is 1. The van der Waals surface area contributed by atoms with Gasteiger partial charge < -0.3 is 14.0 Å². The second kappa shape index (κ2) is 8.68. The number of aromatic nitrogens is 4. The minimum atomic E-state index is -0.565. The first-order valence-corrected chi connectivity index (χ1v) is 10.3. The van der Waals surface area contributed by atoms with Crippen molar-refractivity contribution in [1.82, 2.24) is 19.5 Å². The number of rotatable bonds is 9. The lowest BCUT2D eigenvalue weighted by Gasteiger charge is -2.24. The molecule has 8 heteroatoms. The lowest BCUT2D eigenvalue weighted by Crippen LogP contribution is -2.23. The quantitative estimate of drug-likeness (QED) is 0.469. The van der Waals surface area contributed by atoms with Crippen LogP contribution < -0.4 is 0 Å². The van der Waals surface area contributed by atoms with Crippen LogP contribution in [0.1, 0.15) is 50.3 Å². The molecule has 2 aromatic rings. The molecule has 3 heterocycles. The number of nitrogens with zero attached hydrogens (tertiary/aromatic N) is 5. The highest BCUT2D eigenvalue weighted by molar-refractivity contribution is 6.28. The molecule has 7 nitrogen and oxygen atoms in total. The van der Waals surface area contributed by atoms with E-state index in [9.17, 15) is 0 Å². The predicted molar refractivity (Wildman–Crippen MR) is 109 cm³/mol. The second-order valence-corrected chi connectivity index (χ2v) is 7.71. The normalized spacial score (nSPS) is 22.1. The molecule has 1 atom stereocenters. The summed E-state index contributed by atoms with van der Waals surface area (Å²) in [6, 6.07) is 0.441. The van der Waals surface area contributed by atoms with Crippen molar-refractivity contribution >= 4 is 29.0 Å². The van der Waals surface area contributed by atoms with Crippen LogP contribution in [0.4, 0.5) is 0 Å². The monoisotopic (exact) mass is 403 g/mol. The molecule has 0 saturated heterocycles. The predicted octanol–water partition coefficient (Wildman–Crippen LogP) is 3.87. The summed E-state index contributed by atoms with van der Waals surface area (Å²) in [5.41, 5.74) is 1.82. The van der Waals surface area contributed by atoms with E-state index in [1.807, 2.05) is 18.6 Å². The van der Waals surface area contributed by atoms with Gasteiger partial charge in [-0.2, -0.15) is 4.98 Å². The van der Waals surface area contributed by atoms with Crippen molar-refractivity contribution in [2.24, 2.45) is 4.99 Å². The lowest BCUT2D eigenvalue weighted by atomic mass is 9.90. The zero-order valence-electron chi connectivity index (χ0n) is 16.2. The van der Waals surface area contributed by atoms with Gasteiger partial charge in [-0.15, -0.1) is 0 Å². The van der Waals surface area contributed by atoms with Gasteiger partial charge in [-0.25, -0.2) is 9.97 Å². The zero-order chi connectivity index (χ0) is 19.4. The number of fused-ring (bicyclic) bond motifs is 1. The van der Waals surface area contributed by atoms with Crippen molar-refractivity contribution in [3.8, 4) is 0 Å². The van der Waals surface area contributed by atoms with Gasteiger partial charge in [-0.1, -0.05) is 12.8 Å². The summed E-state index contributed by atoms with van der Waals surface area (Å²) in [5.74, 6) is 0. The Balaban J connectivity index is 1.62. The van der Waals surface area contributed by atoms with E-state index in [-0.39, 0.29) is 5.28 Å². The molecule has 0 spiro atoms. The summed E-state index contributed by atoms with van der Waals surface area (Å²) in [7, 11) is 1.67. The summed E-state index contributed by atoms with van der Waals surface area (Å²) in [5, 5.41) is 0.244. The third-order valence-electron chi connectivity index (χ3n) is 5.56. The van der Waals surface area contributed by atoms with Crippen LogP contribution in [0.3, 0.4) is 0 Å². The summed E-state index contributed by atoms with van der Waals surface area (Å²) in [6.07, 6.45) is 14.2. The third-order valence-corrected chi connectivity index (χ3v) is 5.73. The molecule has 0 bridgehead atoms. The molecule has 4 rings (SSSR count). The van der Waals surface area contributed by atoms with Crippen molar-refractivity contribution in [3.05, 3.63) is 29.5 Å². The third kappa shape index (κ3) is 3.83. The van der Waals surface area contributed by atoms with E-state index in [4.69, 9.17) is 26.1 Å². The Morgan fingerprint density at radius 3 is 2.82 bits per heavy atom. The van der Waals surface area contributed by atoms with E-state index in [0.29, 0.717) is 25.9 Å². The molecule has 2 aliphatic rings. The Bertz CT molecular complexity index is 861. The summed E-state index contributed by atoms with van der Waals surface area (Å²) >= 11 is 6.34. The van der Waals surface area contributed by atoms with Gasteiger partial charge in [0.05, 0.1) is 19.5 Å². The van der Waals surface area contributed by atoms with Crippen LogP contribution in [0.25, 0.3) is 11.2 Å². The minimum absolute atomic E-state index is 0.244. The molecule has 0 radical (unpaired) electrons. The molecule has 0 amide bonds. The Kier molecular flexibility index (Phi) is 6.04. The largest absolute Gasteiger partial charge is 0.382 e. The molecule has 1 fully saturated rings. The van der Waals surface area contributed by atoms with Gasteiger partial charge in [-0.05, 0) is 49.4 Å². The fourth-order valence-corrected chi connectivity index (χ4v) is 4.32. The summed E-state index contributed by atoms with van der Waals surface area (Å²) < 4.78 is 12.8. The number of halogens is 1. The minimum Gasteiger partial charge on any atom is -0.382 e. The van der Waals surface area contributed by atoms with Gasteiger partial charge in [0.2, 0.25) is 5.28 Å². The van der Waals surface area contributed by atoms with Crippen LogP contribution in [-0.4, -0.2) is 52.7 Å². The standard InChI is InChI=1S/C20H26ClN5O2/c1-27-12-13-28-11-5-9-20(8-4-10-23-20)17-16-18(25-19(21)24-17)26(14-22-16)15-6-2-3-7-15/h4,8,10,14-15H,2-3,5-7,9,11-13H2,1H3. The number of hydrogen-bond acceptors (Lipinski definition) is 6. The highest BCUT2D eigenvalue weighted by atomic mass is 35.5. The van der Waals surface area contributed by atoms with E-state index in [0.717, 1.165) is 42.5 Å². The number of ether oxygens (including phenoxy) is 2. The molecular weight excluding hydrogens is 378 g/mol. The molecule has 2 aromatic heterocycles.